The highest BCUT2D eigenvalue weighted by molar-refractivity contribution is 5.80. The minimum atomic E-state index is -0.264. The molecule has 0 saturated carbocycles. The van der Waals surface area contributed by atoms with Crippen molar-refractivity contribution in [2.75, 3.05) is 0 Å². The fourth-order valence-electron chi connectivity index (χ4n) is 3.13. The Balaban J connectivity index is 2.96. The van der Waals surface area contributed by atoms with Crippen LogP contribution in [0.5, 0.6) is 0 Å². The lowest BCUT2D eigenvalue weighted by Crippen LogP contribution is -2.10. The standard InChI is InChI=1S/C22H28FNO/c1-13(2)11-18-20(16-7-9-17(23)10-8-16)19(12-25)22(15(5)6)24-21(18)14(3)4/h7-11,14-15,25H,12H2,1-6H3. The molecule has 3 heteroatoms. The number of aromatic nitrogens is 1. The lowest BCUT2D eigenvalue weighted by molar-refractivity contribution is 0.280. The van der Waals surface area contributed by atoms with Crippen molar-refractivity contribution in [2.45, 2.75) is 60.0 Å². The zero-order chi connectivity index (χ0) is 18.7. The molecule has 0 amide bonds. The molecule has 1 heterocycles. The number of hydrogen-bond acceptors (Lipinski definition) is 2. The van der Waals surface area contributed by atoms with Crippen LogP contribution in [0.4, 0.5) is 4.39 Å². The van der Waals surface area contributed by atoms with Crippen LogP contribution in [0, 0.1) is 5.82 Å². The van der Waals surface area contributed by atoms with E-state index in [4.69, 9.17) is 4.98 Å². The van der Waals surface area contributed by atoms with Gasteiger partial charge in [0.05, 0.1) is 12.3 Å². The van der Waals surface area contributed by atoms with E-state index in [-0.39, 0.29) is 24.3 Å². The largest absolute Gasteiger partial charge is 0.392 e. The van der Waals surface area contributed by atoms with E-state index in [9.17, 15) is 9.50 Å². The molecule has 2 rings (SSSR count). The molecule has 1 aromatic carbocycles. The molecule has 0 unspecified atom stereocenters. The highest BCUT2D eigenvalue weighted by atomic mass is 19.1. The SMILES string of the molecule is CC(C)=Cc1c(C(C)C)nc(C(C)C)c(CO)c1-c1ccc(F)cc1. The Morgan fingerprint density at radius 3 is 2.04 bits per heavy atom. The van der Waals surface area contributed by atoms with Crippen LogP contribution in [0.2, 0.25) is 0 Å². The summed E-state index contributed by atoms with van der Waals surface area (Å²) in [5, 5.41) is 10.1. The molecule has 0 spiro atoms. The van der Waals surface area contributed by atoms with Crippen LogP contribution in [0.3, 0.4) is 0 Å². The smallest absolute Gasteiger partial charge is 0.123 e. The molecule has 2 aromatic rings. The molecule has 0 bridgehead atoms. The van der Waals surface area contributed by atoms with Gasteiger partial charge in [-0.2, -0.15) is 0 Å². The van der Waals surface area contributed by atoms with Gasteiger partial charge in [-0.25, -0.2) is 4.39 Å². The lowest BCUT2D eigenvalue weighted by atomic mass is 9.86. The van der Waals surface area contributed by atoms with Crippen molar-refractivity contribution in [3.8, 4) is 11.1 Å². The Kier molecular flexibility index (Phi) is 6.12. The number of aliphatic hydroxyl groups excluding tert-OH is 1. The van der Waals surface area contributed by atoms with Crippen molar-refractivity contribution >= 4 is 6.08 Å². The molecule has 0 atom stereocenters. The van der Waals surface area contributed by atoms with Crippen molar-refractivity contribution in [1.29, 1.82) is 0 Å². The van der Waals surface area contributed by atoms with Gasteiger partial charge in [0.15, 0.2) is 0 Å². The van der Waals surface area contributed by atoms with Crippen molar-refractivity contribution in [3.63, 3.8) is 0 Å². The first-order valence-corrected chi connectivity index (χ1v) is 8.84. The Hall–Kier alpha value is -2.00. The van der Waals surface area contributed by atoms with E-state index in [1.54, 1.807) is 12.1 Å². The molecular weight excluding hydrogens is 313 g/mol. The van der Waals surface area contributed by atoms with Crippen LogP contribution in [-0.2, 0) is 6.61 Å². The third-order valence-electron chi connectivity index (χ3n) is 4.21. The number of nitrogens with zero attached hydrogens (tertiary/aromatic N) is 1. The van der Waals surface area contributed by atoms with Crippen molar-refractivity contribution < 1.29 is 9.50 Å². The van der Waals surface area contributed by atoms with Gasteiger partial charge in [-0.15, -0.1) is 0 Å². The number of aliphatic hydroxyl groups is 1. The van der Waals surface area contributed by atoms with Gasteiger partial charge < -0.3 is 5.11 Å². The molecule has 1 N–H and O–H groups in total. The van der Waals surface area contributed by atoms with Crippen LogP contribution in [0.1, 0.15) is 75.9 Å². The summed E-state index contributed by atoms with van der Waals surface area (Å²) in [5.74, 6) is 0.176. The summed E-state index contributed by atoms with van der Waals surface area (Å²) < 4.78 is 13.4. The average molecular weight is 341 g/mol. The van der Waals surface area contributed by atoms with Gasteiger partial charge >= 0.3 is 0 Å². The van der Waals surface area contributed by atoms with Crippen LogP contribution < -0.4 is 0 Å². The zero-order valence-electron chi connectivity index (χ0n) is 16.0. The number of halogens is 1. The van der Waals surface area contributed by atoms with Crippen molar-refractivity contribution in [3.05, 3.63) is 58.2 Å². The molecule has 0 aliphatic rings. The van der Waals surface area contributed by atoms with Crippen molar-refractivity contribution in [2.24, 2.45) is 0 Å². The van der Waals surface area contributed by atoms with E-state index >= 15 is 0 Å². The number of allylic oxidation sites excluding steroid dienone is 1. The summed E-state index contributed by atoms with van der Waals surface area (Å²) in [6.45, 7) is 12.4. The second kappa shape index (κ2) is 7.92. The second-order valence-electron chi connectivity index (χ2n) is 7.35. The number of rotatable bonds is 5. The van der Waals surface area contributed by atoms with E-state index in [1.807, 2.05) is 13.8 Å². The van der Waals surface area contributed by atoms with Gasteiger partial charge in [-0.1, -0.05) is 51.5 Å². The Labute approximate surface area is 150 Å². The first kappa shape index (κ1) is 19.3. The topological polar surface area (TPSA) is 33.1 Å². The van der Waals surface area contributed by atoms with E-state index in [1.165, 1.54) is 12.1 Å². The number of pyridine rings is 1. The molecule has 0 aliphatic carbocycles. The van der Waals surface area contributed by atoms with E-state index in [2.05, 4.69) is 33.8 Å². The maximum atomic E-state index is 13.4. The Bertz CT molecular complexity index is 770. The molecule has 0 aliphatic heterocycles. The minimum Gasteiger partial charge on any atom is -0.392 e. The van der Waals surface area contributed by atoms with Gasteiger partial charge in [0, 0.05) is 16.8 Å². The first-order valence-electron chi connectivity index (χ1n) is 8.84. The molecule has 0 fully saturated rings. The van der Waals surface area contributed by atoms with Crippen molar-refractivity contribution in [1.82, 2.24) is 4.98 Å². The summed E-state index contributed by atoms with van der Waals surface area (Å²) in [5.41, 5.74) is 6.81. The molecule has 2 nitrogen and oxygen atoms in total. The minimum absolute atomic E-state index is 0.0881. The van der Waals surface area contributed by atoms with Crippen LogP contribution in [0.15, 0.2) is 29.8 Å². The Morgan fingerprint density at radius 1 is 1.04 bits per heavy atom. The number of hydrogen-bond donors (Lipinski definition) is 1. The molecule has 134 valence electrons. The Morgan fingerprint density at radius 2 is 1.60 bits per heavy atom. The van der Waals surface area contributed by atoms with E-state index in [0.29, 0.717) is 0 Å². The summed E-state index contributed by atoms with van der Waals surface area (Å²) in [7, 11) is 0. The summed E-state index contributed by atoms with van der Waals surface area (Å²) in [4.78, 5) is 4.92. The third kappa shape index (κ3) is 4.16. The highest BCUT2D eigenvalue weighted by Gasteiger charge is 2.22. The predicted molar refractivity (Wildman–Crippen MR) is 103 cm³/mol. The fraction of sp³-hybridized carbons (Fsp3) is 0.409. The highest BCUT2D eigenvalue weighted by Crippen LogP contribution is 2.37. The van der Waals surface area contributed by atoms with Crippen LogP contribution in [-0.4, -0.2) is 10.1 Å². The molecular formula is C22H28FNO. The maximum absolute atomic E-state index is 13.4. The normalized spacial score (nSPS) is 11.3. The molecule has 0 saturated heterocycles. The van der Waals surface area contributed by atoms with Crippen LogP contribution in [0.25, 0.3) is 17.2 Å². The maximum Gasteiger partial charge on any atom is 0.123 e. The summed E-state index contributed by atoms with van der Waals surface area (Å²) in [6, 6.07) is 6.49. The van der Waals surface area contributed by atoms with E-state index in [0.717, 1.165) is 39.2 Å². The van der Waals surface area contributed by atoms with Gasteiger partial charge in [-0.3, -0.25) is 4.98 Å². The average Bonchev–Trinajstić information content (AvgIpc) is 2.54. The van der Waals surface area contributed by atoms with Gasteiger partial charge in [0.25, 0.3) is 0 Å². The second-order valence-corrected chi connectivity index (χ2v) is 7.35. The predicted octanol–water partition coefficient (Wildman–Crippen LogP) is 6.05. The van der Waals surface area contributed by atoms with E-state index < -0.39 is 0 Å². The summed E-state index contributed by atoms with van der Waals surface area (Å²) >= 11 is 0. The quantitative estimate of drug-likeness (QED) is 0.718. The number of benzene rings is 1. The van der Waals surface area contributed by atoms with Gasteiger partial charge in [-0.05, 0) is 48.9 Å². The monoisotopic (exact) mass is 341 g/mol. The molecule has 0 radical (unpaired) electrons. The zero-order valence-corrected chi connectivity index (χ0v) is 16.0. The molecule has 1 aromatic heterocycles. The molecule has 25 heavy (non-hydrogen) atoms. The first-order chi connectivity index (χ1) is 11.8. The van der Waals surface area contributed by atoms with Gasteiger partial charge in [0.1, 0.15) is 5.82 Å². The summed E-state index contributed by atoms with van der Waals surface area (Å²) in [6.07, 6.45) is 2.12. The van der Waals surface area contributed by atoms with Gasteiger partial charge in [0.2, 0.25) is 0 Å². The third-order valence-corrected chi connectivity index (χ3v) is 4.21. The fourth-order valence-corrected chi connectivity index (χ4v) is 3.13. The lowest BCUT2D eigenvalue weighted by Gasteiger charge is -2.23. The van der Waals surface area contributed by atoms with Crippen LogP contribution >= 0.6 is 0 Å².